The molecule has 118 valence electrons. The summed E-state index contributed by atoms with van der Waals surface area (Å²) < 4.78 is 44.7. The predicted octanol–water partition coefficient (Wildman–Crippen LogP) is 2.35. The molecule has 0 unspecified atom stereocenters. The first-order chi connectivity index (χ1) is 11.0. The molecular formula is C15H12FN3O3S. The molecule has 0 aliphatic rings. The van der Waals surface area contributed by atoms with E-state index < -0.39 is 15.8 Å². The third-order valence-corrected chi connectivity index (χ3v) is 4.43. The second-order valence-electron chi connectivity index (χ2n) is 4.66. The lowest BCUT2D eigenvalue weighted by atomic mass is 10.2. The van der Waals surface area contributed by atoms with Crippen LogP contribution < -0.4 is 4.72 Å². The lowest BCUT2D eigenvalue weighted by Crippen LogP contribution is -2.23. The van der Waals surface area contributed by atoms with Gasteiger partial charge in [-0.3, -0.25) is 0 Å². The van der Waals surface area contributed by atoms with Crippen molar-refractivity contribution in [1.82, 2.24) is 14.9 Å². The summed E-state index contributed by atoms with van der Waals surface area (Å²) in [4.78, 5) is 4.19. The summed E-state index contributed by atoms with van der Waals surface area (Å²) in [6.07, 6.45) is 0. The number of nitrogens with zero attached hydrogens (tertiary/aromatic N) is 2. The molecule has 6 nitrogen and oxygen atoms in total. The fourth-order valence-electron chi connectivity index (χ4n) is 1.91. The van der Waals surface area contributed by atoms with Crippen molar-refractivity contribution >= 4 is 10.0 Å². The first-order valence-electron chi connectivity index (χ1n) is 6.68. The summed E-state index contributed by atoms with van der Waals surface area (Å²) >= 11 is 0. The fourth-order valence-corrected chi connectivity index (χ4v) is 2.91. The van der Waals surface area contributed by atoms with Gasteiger partial charge in [-0.15, -0.1) is 0 Å². The Bertz CT molecular complexity index is 910. The Kier molecular flexibility index (Phi) is 4.18. The monoisotopic (exact) mass is 333 g/mol. The van der Waals surface area contributed by atoms with Gasteiger partial charge < -0.3 is 4.52 Å². The molecular weight excluding hydrogens is 321 g/mol. The average molecular weight is 333 g/mol. The van der Waals surface area contributed by atoms with Crippen LogP contribution in [-0.2, 0) is 16.6 Å². The Morgan fingerprint density at radius 1 is 1.09 bits per heavy atom. The second-order valence-corrected chi connectivity index (χ2v) is 6.43. The minimum absolute atomic E-state index is 0.124. The molecule has 8 heteroatoms. The van der Waals surface area contributed by atoms with Crippen molar-refractivity contribution in [2.45, 2.75) is 11.4 Å². The van der Waals surface area contributed by atoms with Gasteiger partial charge in [0.15, 0.2) is 5.82 Å². The van der Waals surface area contributed by atoms with Gasteiger partial charge in [0, 0.05) is 5.56 Å². The molecule has 0 amide bonds. The van der Waals surface area contributed by atoms with Gasteiger partial charge in [0.05, 0.1) is 11.4 Å². The van der Waals surface area contributed by atoms with Crippen LogP contribution in [0.1, 0.15) is 5.82 Å². The van der Waals surface area contributed by atoms with Gasteiger partial charge in [-0.05, 0) is 30.3 Å². The fraction of sp³-hybridized carbons (Fsp3) is 0.0667. The van der Waals surface area contributed by atoms with E-state index in [1.165, 1.54) is 30.3 Å². The topological polar surface area (TPSA) is 85.1 Å². The van der Waals surface area contributed by atoms with Gasteiger partial charge in [-0.25, -0.2) is 17.5 Å². The van der Waals surface area contributed by atoms with Crippen molar-refractivity contribution in [2.24, 2.45) is 0 Å². The van der Waals surface area contributed by atoms with Crippen molar-refractivity contribution in [3.63, 3.8) is 0 Å². The summed E-state index contributed by atoms with van der Waals surface area (Å²) in [6, 6.07) is 13.6. The van der Waals surface area contributed by atoms with Crippen molar-refractivity contribution in [1.29, 1.82) is 0 Å². The van der Waals surface area contributed by atoms with Crippen LogP contribution >= 0.6 is 0 Å². The molecule has 1 N–H and O–H groups in total. The summed E-state index contributed by atoms with van der Waals surface area (Å²) in [5, 5.41) is 3.68. The van der Waals surface area contributed by atoms with Gasteiger partial charge in [0.2, 0.25) is 10.0 Å². The van der Waals surface area contributed by atoms with E-state index in [2.05, 4.69) is 14.9 Å². The van der Waals surface area contributed by atoms with Crippen molar-refractivity contribution in [3.8, 4) is 11.5 Å². The number of aromatic nitrogens is 2. The first kappa shape index (κ1) is 15.3. The molecule has 0 fully saturated rings. The molecule has 0 aliphatic heterocycles. The Balaban J connectivity index is 1.73. The number of halogens is 1. The number of benzene rings is 2. The zero-order chi connectivity index (χ0) is 16.3. The summed E-state index contributed by atoms with van der Waals surface area (Å²) in [7, 11) is -3.65. The van der Waals surface area contributed by atoms with Gasteiger partial charge in [0.1, 0.15) is 5.82 Å². The molecule has 3 aromatic rings. The number of nitrogens with one attached hydrogen (secondary N) is 1. The summed E-state index contributed by atoms with van der Waals surface area (Å²) in [5.41, 5.74) is 0.426. The highest BCUT2D eigenvalue weighted by Crippen LogP contribution is 2.18. The minimum atomic E-state index is -3.65. The Morgan fingerprint density at radius 3 is 2.61 bits per heavy atom. The third kappa shape index (κ3) is 3.61. The number of hydrogen-bond donors (Lipinski definition) is 1. The van der Waals surface area contributed by atoms with Crippen molar-refractivity contribution < 1.29 is 17.3 Å². The van der Waals surface area contributed by atoms with Crippen LogP contribution in [0.15, 0.2) is 64.0 Å². The van der Waals surface area contributed by atoms with E-state index in [-0.39, 0.29) is 23.2 Å². The molecule has 0 atom stereocenters. The zero-order valence-electron chi connectivity index (χ0n) is 11.8. The van der Waals surface area contributed by atoms with Crippen LogP contribution in [0.3, 0.4) is 0 Å². The number of hydrogen-bond acceptors (Lipinski definition) is 5. The zero-order valence-corrected chi connectivity index (χ0v) is 12.6. The molecule has 3 rings (SSSR count). The summed E-state index contributed by atoms with van der Waals surface area (Å²) in [6.45, 7) is -0.129. The van der Waals surface area contributed by atoms with Crippen LogP contribution in [-0.4, -0.2) is 18.6 Å². The van der Waals surface area contributed by atoms with E-state index in [0.29, 0.717) is 5.56 Å². The third-order valence-electron chi connectivity index (χ3n) is 3.01. The summed E-state index contributed by atoms with van der Waals surface area (Å²) in [5.74, 6) is -0.144. The highest BCUT2D eigenvalue weighted by molar-refractivity contribution is 7.89. The average Bonchev–Trinajstić information content (AvgIpc) is 3.03. The number of sulfonamides is 1. The molecule has 2 aromatic carbocycles. The molecule has 0 saturated carbocycles. The molecule has 1 aromatic heterocycles. The lowest BCUT2D eigenvalue weighted by Gasteiger charge is -2.03. The minimum Gasteiger partial charge on any atom is -0.334 e. The molecule has 23 heavy (non-hydrogen) atoms. The lowest BCUT2D eigenvalue weighted by molar-refractivity contribution is 0.421. The molecule has 0 radical (unpaired) electrons. The van der Waals surface area contributed by atoms with Crippen LogP contribution in [0.5, 0.6) is 0 Å². The molecule has 1 heterocycles. The first-order valence-corrected chi connectivity index (χ1v) is 8.16. The Labute approximate surface area is 132 Å². The van der Waals surface area contributed by atoms with Crippen molar-refractivity contribution in [2.75, 3.05) is 0 Å². The maximum absolute atomic E-state index is 13.2. The van der Waals surface area contributed by atoms with Gasteiger partial charge in [0.25, 0.3) is 5.89 Å². The largest absolute Gasteiger partial charge is 0.334 e. The second kappa shape index (κ2) is 6.27. The highest BCUT2D eigenvalue weighted by Gasteiger charge is 2.15. The molecule has 0 bridgehead atoms. The number of rotatable bonds is 5. The van der Waals surface area contributed by atoms with E-state index in [1.807, 2.05) is 0 Å². The SMILES string of the molecule is O=S(=O)(NCc1noc(-c2cccc(F)c2)n1)c1ccccc1. The van der Waals surface area contributed by atoms with E-state index in [9.17, 15) is 12.8 Å². The van der Waals surface area contributed by atoms with E-state index in [4.69, 9.17) is 4.52 Å². The van der Waals surface area contributed by atoms with Crippen LogP contribution in [0, 0.1) is 5.82 Å². The maximum Gasteiger partial charge on any atom is 0.258 e. The molecule has 0 saturated heterocycles. The normalized spacial score (nSPS) is 11.5. The van der Waals surface area contributed by atoms with E-state index in [1.54, 1.807) is 24.3 Å². The van der Waals surface area contributed by atoms with Crippen LogP contribution in [0.25, 0.3) is 11.5 Å². The van der Waals surface area contributed by atoms with Crippen LogP contribution in [0.2, 0.25) is 0 Å². The van der Waals surface area contributed by atoms with E-state index >= 15 is 0 Å². The Hall–Kier alpha value is -2.58. The standard InChI is InChI=1S/C15H12FN3O3S/c16-12-6-4-5-11(9-12)15-18-14(19-22-15)10-17-23(20,21)13-7-2-1-3-8-13/h1-9,17H,10H2. The molecule has 0 aliphatic carbocycles. The Morgan fingerprint density at radius 2 is 1.87 bits per heavy atom. The quantitative estimate of drug-likeness (QED) is 0.775. The van der Waals surface area contributed by atoms with Gasteiger partial charge >= 0.3 is 0 Å². The van der Waals surface area contributed by atoms with Gasteiger partial charge in [-0.2, -0.15) is 4.98 Å². The van der Waals surface area contributed by atoms with Crippen molar-refractivity contribution in [3.05, 3.63) is 66.2 Å². The smallest absolute Gasteiger partial charge is 0.258 e. The van der Waals surface area contributed by atoms with E-state index in [0.717, 1.165) is 0 Å². The van der Waals surface area contributed by atoms with Gasteiger partial charge in [-0.1, -0.05) is 29.4 Å². The maximum atomic E-state index is 13.2. The molecule has 0 spiro atoms. The highest BCUT2D eigenvalue weighted by atomic mass is 32.2. The van der Waals surface area contributed by atoms with Crippen LogP contribution in [0.4, 0.5) is 4.39 Å². The predicted molar refractivity (Wildman–Crippen MR) is 80.2 cm³/mol.